The molecule has 0 bridgehead atoms. The van der Waals surface area contributed by atoms with Gasteiger partial charge in [-0.25, -0.2) is 0 Å². The number of H-pyrrole nitrogens is 1. The number of aromatic nitrogens is 2. The average Bonchev–Trinajstić information content (AvgIpc) is 2.94. The van der Waals surface area contributed by atoms with Crippen LogP contribution < -0.4 is 4.90 Å². The zero-order valence-electron chi connectivity index (χ0n) is 9.19. The van der Waals surface area contributed by atoms with E-state index in [2.05, 4.69) is 33.3 Å². The first-order valence-electron chi connectivity index (χ1n) is 6.08. The van der Waals surface area contributed by atoms with Crippen LogP contribution in [0.4, 0.5) is 5.69 Å². The third kappa shape index (κ3) is 1.24. The van der Waals surface area contributed by atoms with E-state index in [1.165, 1.54) is 37.0 Å². The molecule has 1 aromatic heterocycles. The summed E-state index contributed by atoms with van der Waals surface area (Å²) in [7, 11) is 0. The number of hydrogen-bond donors (Lipinski definition) is 1. The molecule has 82 valence electrons. The molecular weight excluding hydrogens is 198 g/mol. The van der Waals surface area contributed by atoms with E-state index in [0.717, 1.165) is 17.4 Å². The van der Waals surface area contributed by atoms with E-state index in [-0.39, 0.29) is 0 Å². The molecule has 0 radical (unpaired) electrons. The van der Waals surface area contributed by atoms with Gasteiger partial charge in [-0.3, -0.25) is 5.10 Å². The van der Waals surface area contributed by atoms with E-state index >= 15 is 0 Å². The highest BCUT2D eigenvalue weighted by atomic mass is 15.2. The molecule has 2 aromatic rings. The van der Waals surface area contributed by atoms with Crippen molar-refractivity contribution < 1.29 is 0 Å². The summed E-state index contributed by atoms with van der Waals surface area (Å²) in [6, 6.07) is 6.56. The smallest absolute Gasteiger partial charge is 0.0651 e. The zero-order chi connectivity index (χ0) is 10.5. The lowest BCUT2D eigenvalue weighted by molar-refractivity contribution is 0.364. The van der Waals surface area contributed by atoms with Gasteiger partial charge in [0.2, 0.25) is 0 Å². The van der Waals surface area contributed by atoms with Gasteiger partial charge in [0.05, 0.1) is 11.7 Å². The van der Waals surface area contributed by atoms with E-state index < -0.39 is 0 Å². The summed E-state index contributed by atoms with van der Waals surface area (Å²) >= 11 is 0. The molecule has 0 amide bonds. The van der Waals surface area contributed by atoms with Crippen LogP contribution in [-0.2, 0) is 0 Å². The molecule has 2 aliphatic rings. The second-order valence-corrected chi connectivity index (χ2v) is 5.14. The molecule has 3 nitrogen and oxygen atoms in total. The minimum atomic E-state index is 0.972. The molecule has 1 saturated carbocycles. The Bertz CT molecular complexity index is 521. The molecule has 2 heterocycles. The van der Waals surface area contributed by atoms with Gasteiger partial charge in [0.1, 0.15) is 0 Å². The molecule has 0 unspecified atom stereocenters. The highest BCUT2D eigenvalue weighted by Crippen LogP contribution is 2.42. The minimum absolute atomic E-state index is 0.972. The number of anilines is 1. The van der Waals surface area contributed by atoms with Crippen LogP contribution in [0.2, 0.25) is 0 Å². The number of benzene rings is 1. The number of aromatic amines is 1. The lowest BCUT2D eigenvalue weighted by Gasteiger charge is -2.41. The SMILES string of the molecule is c1cc2[nH]ncc2cc1N1CC(C2CC2)C1. The predicted molar refractivity (Wildman–Crippen MR) is 64.5 cm³/mol. The highest BCUT2D eigenvalue weighted by Gasteiger charge is 2.39. The zero-order valence-corrected chi connectivity index (χ0v) is 9.19. The van der Waals surface area contributed by atoms with Crippen molar-refractivity contribution in [3.05, 3.63) is 24.4 Å². The van der Waals surface area contributed by atoms with Crippen LogP contribution in [0.3, 0.4) is 0 Å². The number of nitrogens with zero attached hydrogens (tertiary/aromatic N) is 2. The van der Waals surface area contributed by atoms with Gasteiger partial charge in [0.15, 0.2) is 0 Å². The number of rotatable bonds is 2. The van der Waals surface area contributed by atoms with Gasteiger partial charge in [-0.2, -0.15) is 5.10 Å². The van der Waals surface area contributed by atoms with E-state index in [9.17, 15) is 0 Å². The third-order valence-electron chi connectivity index (χ3n) is 3.99. The molecule has 1 aliphatic heterocycles. The predicted octanol–water partition coefficient (Wildman–Crippen LogP) is 2.41. The summed E-state index contributed by atoms with van der Waals surface area (Å²) in [5.41, 5.74) is 2.48. The first-order valence-corrected chi connectivity index (χ1v) is 6.08. The second-order valence-electron chi connectivity index (χ2n) is 5.14. The molecule has 0 atom stereocenters. The third-order valence-corrected chi connectivity index (χ3v) is 3.99. The molecule has 0 spiro atoms. The highest BCUT2D eigenvalue weighted by molar-refractivity contribution is 5.82. The number of hydrogen-bond acceptors (Lipinski definition) is 2. The van der Waals surface area contributed by atoms with Crippen LogP contribution in [0, 0.1) is 11.8 Å². The van der Waals surface area contributed by atoms with Gasteiger partial charge in [-0.15, -0.1) is 0 Å². The fourth-order valence-electron chi connectivity index (χ4n) is 2.72. The summed E-state index contributed by atoms with van der Waals surface area (Å²) < 4.78 is 0. The molecule has 1 saturated heterocycles. The van der Waals surface area contributed by atoms with E-state index in [1.807, 2.05) is 6.20 Å². The van der Waals surface area contributed by atoms with Crippen molar-refractivity contribution in [2.75, 3.05) is 18.0 Å². The lowest BCUT2D eigenvalue weighted by atomic mass is 9.94. The van der Waals surface area contributed by atoms with Crippen LogP contribution >= 0.6 is 0 Å². The molecule has 1 N–H and O–H groups in total. The Kier molecular flexibility index (Phi) is 1.62. The fourth-order valence-corrected chi connectivity index (χ4v) is 2.72. The van der Waals surface area contributed by atoms with Crippen molar-refractivity contribution in [2.24, 2.45) is 11.8 Å². The Morgan fingerprint density at radius 2 is 2.06 bits per heavy atom. The van der Waals surface area contributed by atoms with Crippen LogP contribution in [0.25, 0.3) is 10.9 Å². The first-order chi connectivity index (χ1) is 7.90. The monoisotopic (exact) mass is 213 g/mol. The van der Waals surface area contributed by atoms with Crippen molar-refractivity contribution in [1.82, 2.24) is 10.2 Å². The fraction of sp³-hybridized carbons (Fsp3) is 0.462. The van der Waals surface area contributed by atoms with Crippen LogP contribution in [0.5, 0.6) is 0 Å². The summed E-state index contributed by atoms with van der Waals surface area (Å²) in [6.07, 6.45) is 4.84. The number of fused-ring (bicyclic) bond motifs is 1. The minimum Gasteiger partial charge on any atom is -0.371 e. The van der Waals surface area contributed by atoms with E-state index in [1.54, 1.807) is 0 Å². The van der Waals surface area contributed by atoms with Gasteiger partial charge in [0, 0.05) is 24.2 Å². The van der Waals surface area contributed by atoms with E-state index in [4.69, 9.17) is 0 Å². The summed E-state index contributed by atoms with van der Waals surface area (Å²) in [5, 5.41) is 8.26. The topological polar surface area (TPSA) is 31.9 Å². The van der Waals surface area contributed by atoms with Crippen molar-refractivity contribution in [3.63, 3.8) is 0 Å². The summed E-state index contributed by atoms with van der Waals surface area (Å²) in [6.45, 7) is 2.52. The van der Waals surface area contributed by atoms with Gasteiger partial charge in [-0.05, 0) is 42.9 Å². The van der Waals surface area contributed by atoms with Crippen LogP contribution in [0.1, 0.15) is 12.8 Å². The Hall–Kier alpha value is -1.51. The van der Waals surface area contributed by atoms with Crippen molar-refractivity contribution in [3.8, 4) is 0 Å². The van der Waals surface area contributed by atoms with Crippen molar-refractivity contribution in [2.45, 2.75) is 12.8 Å². The molecular formula is C13H15N3. The quantitative estimate of drug-likeness (QED) is 0.830. The maximum Gasteiger partial charge on any atom is 0.0651 e. The second kappa shape index (κ2) is 3.00. The largest absolute Gasteiger partial charge is 0.371 e. The number of nitrogens with one attached hydrogen (secondary N) is 1. The van der Waals surface area contributed by atoms with Gasteiger partial charge < -0.3 is 4.90 Å². The van der Waals surface area contributed by atoms with Crippen LogP contribution in [-0.4, -0.2) is 23.3 Å². The molecule has 1 aliphatic carbocycles. The molecule has 4 rings (SSSR count). The lowest BCUT2D eigenvalue weighted by Crippen LogP contribution is -2.47. The molecule has 16 heavy (non-hydrogen) atoms. The molecule has 3 heteroatoms. The Morgan fingerprint density at radius 3 is 2.88 bits per heavy atom. The van der Waals surface area contributed by atoms with Gasteiger partial charge in [0.25, 0.3) is 0 Å². The molecule has 2 fully saturated rings. The molecule has 1 aromatic carbocycles. The Balaban J connectivity index is 1.57. The standard InChI is InChI=1S/C13H15N3/c1-2-9(1)11-7-16(8-11)12-3-4-13-10(5-12)6-14-15-13/h3-6,9,11H,1-2,7-8H2,(H,14,15). The van der Waals surface area contributed by atoms with Crippen molar-refractivity contribution in [1.29, 1.82) is 0 Å². The average molecular weight is 213 g/mol. The maximum absolute atomic E-state index is 4.06. The Morgan fingerprint density at radius 1 is 1.19 bits per heavy atom. The van der Waals surface area contributed by atoms with Crippen molar-refractivity contribution >= 4 is 16.6 Å². The first kappa shape index (κ1) is 8.62. The Labute approximate surface area is 94.4 Å². The van der Waals surface area contributed by atoms with E-state index in [0.29, 0.717) is 0 Å². The van der Waals surface area contributed by atoms with Gasteiger partial charge in [-0.1, -0.05) is 0 Å². The van der Waals surface area contributed by atoms with Gasteiger partial charge >= 0.3 is 0 Å². The van der Waals surface area contributed by atoms with Crippen LogP contribution in [0.15, 0.2) is 24.4 Å². The summed E-state index contributed by atoms with van der Waals surface area (Å²) in [5.74, 6) is 2.02. The summed E-state index contributed by atoms with van der Waals surface area (Å²) in [4.78, 5) is 2.48. The maximum atomic E-state index is 4.06. The normalized spacial score (nSPS) is 21.4.